The fraction of sp³-hybridized carbons (Fsp3) is 0.231. The summed E-state index contributed by atoms with van der Waals surface area (Å²) < 4.78 is 2.52. The average Bonchev–Trinajstić information content (AvgIpc) is 2.81. The number of thiocarbonyl (C=S) groups is 1. The van der Waals surface area contributed by atoms with E-state index in [9.17, 15) is 4.79 Å². The molecule has 0 aliphatic heterocycles. The van der Waals surface area contributed by atoms with Crippen molar-refractivity contribution in [3.63, 3.8) is 0 Å². The van der Waals surface area contributed by atoms with E-state index in [0.29, 0.717) is 16.5 Å². The third-order valence-electron chi connectivity index (χ3n) is 2.63. The summed E-state index contributed by atoms with van der Waals surface area (Å²) in [4.78, 5) is 12.2. The van der Waals surface area contributed by atoms with Crippen LogP contribution in [0.2, 0.25) is 0 Å². The minimum Gasteiger partial charge on any atom is -0.298 e. The minimum absolute atomic E-state index is 0.200. The third kappa shape index (κ3) is 4.17. The topological polar surface area (TPSA) is 71.8 Å². The van der Waals surface area contributed by atoms with Gasteiger partial charge in [0, 0.05) is 3.57 Å². The molecule has 2 rings (SSSR count). The minimum atomic E-state index is -0.252. The van der Waals surface area contributed by atoms with Crippen molar-refractivity contribution in [3.8, 4) is 0 Å². The van der Waals surface area contributed by atoms with Crippen molar-refractivity contribution in [2.45, 2.75) is 19.0 Å². The van der Waals surface area contributed by atoms with Crippen LogP contribution in [0, 0.1) is 10.5 Å². The highest BCUT2D eigenvalue weighted by Gasteiger charge is 2.13. The van der Waals surface area contributed by atoms with Crippen LogP contribution in [0.15, 0.2) is 29.4 Å². The second-order valence-electron chi connectivity index (χ2n) is 4.17. The molecule has 0 spiro atoms. The first-order valence-electron chi connectivity index (χ1n) is 6.44. The maximum absolute atomic E-state index is 12.2. The number of hydrogen-bond donors (Lipinski definition) is 2. The highest BCUT2D eigenvalue weighted by atomic mass is 127. The van der Waals surface area contributed by atoms with E-state index in [2.05, 4.69) is 43.5 Å². The molecule has 1 aromatic heterocycles. The Hall–Kier alpha value is -1.20. The Morgan fingerprint density at radius 3 is 2.82 bits per heavy atom. The van der Waals surface area contributed by atoms with Gasteiger partial charge in [-0.3, -0.25) is 15.5 Å². The smallest absolute Gasteiger partial charge is 0.258 e. The SMILES string of the molecule is CCSc1nnc(C)n1NC(=S)NC(=O)c1ccccc1I. The van der Waals surface area contributed by atoms with Crippen LogP contribution >= 0.6 is 46.6 Å². The van der Waals surface area contributed by atoms with Gasteiger partial charge in [0.25, 0.3) is 5.91 Å². The van der Waals surface area contributed by atoms with E-state index in [1.54, 1.807) is 10.7 Å². The zero-order chi connectivity index (χ0) is 16.1. The molecule has 0 bridgehead atoms. The van der Waals surface area contributed by atoms with Gasteiger partial charge in [0.1, 0.15) is 5.82 Å². The Morgan fingerprint density at radius 2 is 2.14 bits per heavy atom. The molecule has 0 saturated carbocycles. The van der Waals surface area contributed by atoms with Crippen LogP contribution < -0.4 is 10.7 Å². The Labute approximate surface area is 151 Å². The normalized spacial score (nSPS) is 10.3. The molecule has 0 fully saturated rings. The van der Waals surface area contributed by atoms with Crippen LogP contribution in [0.5, 0.6) is 0 Å². The number of halogens is 1. The summed E-state index contributed by atoms with van der Waals surface area (Å²) in [5, 5.41) is 11.6. The summed E-state index contributed by atoms with van der Waals surface area (Å²) in [6.07, 6.45) is 0. The lowest BCUT2D eigenvalue weighted by Crippen LogP contribution is -2.38. The summed E-state index contributed by atoms with van der Waals surface area (Å²) in [7, 11) is 0. The molecular weight excluding hydrogens is 433 g/mol. The number of thioether (sulfide) groups is 1. The summed E-state index contributed by atoms with van der Waals surface area (Å²) in [5.74, 6) is 1.28. The predicted octanol–water partition coefficient (Wildman–Crippen LogP) is 2.56. The number of amides is 1. The second kappa shape index (κ2) is 7.88. The van der Waals surface area contributed by atoms with Crippen molar-refractivity contribution in [1.29, 1.82) is 0 Å². The van der Waals surface area contributed by atoms with Crippen molar-refractivity contribution >= 4 is 57.6 Å². The van der Waals surface area contributed by atoms with Gasteiger partial charge in [-0.05, 0) is 59.6 Å². The van der Waals surface area contributed by atoms with Gasteiger partial charge >= 0.3 is 0 Å². The third-order valence-corrected chi connectivity index (χ3v) is 4.57. The summed E-state index contributed by atoms with van der Waals surface area (Å²) in [6.45, 7) is 3.83. The highest BCUT2D eigenvalue weighted by molar-refractivity contribution is 14.1. The quantitative estimate of drug-likeness (QED) is 0.427. The number of nitrogens with one attached hydrogen (secondary N) is 2. The molecular formula is C13H14IN5OS2. The first-order valence-corrected chi connectivity index (χ1v) is 8.92. The lowest BCUT2D eigenvalue weighted by molar-refractivity contribution is 0.0976. The van der Waals surface area contributed by atoms with Crippen LogP contribution in [0.1, 0.15) is 23.1 Å². The Morgan fingerprint density at radius 1 is 1.41 bits per heavy atom. The van der Waals surface area contributed by atoms with E-state index in [4.69, 9.17) is 12.2 Å². The molecule has 0 unspecified atom stereocenters. The summed E-state index contributed by atoms with van der Waals surface area (Å²) >= 11 is 8.84. The molecule has 2 aromatic rings. The molecule has 0 atom stereocenters. The van der Waals surface area contributed by atoms with Gasteiger partial charge in [-0.25, -0.2) is 4.68 Å². The molecule has 1 amide bonds. The molecule has 2 N–H and O–H groups in total. The van der Waals surface area contributed by atoms with Crippen molar-refractivity contribution in [3.05, 3.63) is 39.2 Å². The maximum atomic E-state index is 12.2. The fourth-order valence-corrected chi connectivity index (χ4v) is 3.12. The number of rotatable bonds is 4. The van der Waals surface area contributed by atoms with E-state index in [0.717, 1.165) is 9.32 Å². The zero-order valence-corrected chi connectivity index (χ0v) is 15.8. The fourth-order valence-electron chi connectivity index (χ4n) is 1.64. The predicted molar refractivity (Wildman–Crippen MR) is 99.7 cm³/mol. The number of carbonyl (C=O) groups excluding carboxylic acids is 1. The van der Waals surface area contributed by atoms with Crippen LogP contribution in [0.25, 0.3) is 0 Å². The van der Waals surface area contributed by atoms with Crippen LogP contribution in [0.4, 0.5) is 0 Å². The van der Waals surface area contributed by atoms with Gasteiger partial charge in [-0.15, -0.1) is 10.2 Å². The Kier molecular flexibility index (Phi) is 6.15. The average molecular weight is 447 g/mol. The number of aryl methyl sites for hydroxylation is 1. The molecule has 6 nitrogen and oxygen atoms in total. The van der Waals surface area contributed by atoms with Gasteiger partial charge < -0.3 is 0 Å². The maximum Gasteiger partial charge on any atom is 0.258 e. The van der Waals surface area contributed by atoms with E-state index < -0.39 is 0 Å². The van der Waals surface area contributed by atoms with E-state index in [-0.39, 0.29) is 11.0 Å². The number of carbonyl (C=O) groups is 1. The first kappa shape index (κ1) is 17.2. The van der Waals surface area contributed by atoms with Crippen molar-refractivity contribution in [1.82, 2.24) is 20.2 Å². The monoisotopic (exact) mass is 447 g/mol. The lowest BCUT2D eigenvalue weighted by Gasteiger charge is -2.13. The van der Waals surface area contributed by atoms with E-state index >= 15 is 0 Å². The van der Waals surface area contributed by atoms with Crippen LogP contribution in [-0.4, -0.2) is 31.6 Å². The van der Waals surface area contributed by atoms with Crippen molar-refractivity contribution < 1.29 is 4.79 Å². The van der Waals surface area contributed by atoms with Crippen molar-refractivity contribution in [2.24, 2.45) is 0 Å². The molecule has 0 aliphatic rings. The van der Waals surface area contributed by atoms with Gasteiger partial charge in [0.05, 0.1) is 5.56 Å². The number of hydrogen-bond acceptors (Lipinski definition) is 5. The largest absolute Gasteiger partial charge is 0.298 e. The Bertz CT molecular complexity index is 703. The number of benzene rings is 1. The van der Waals surface area contributed by atoms with Crippen LogP contribution in [0.3, 0.4) is 0 Å². The molecule has 22 heavy (non-hydrogen) atoms. The molecule has 0 saturated heterocycles. The zero-order valence-electron chi connectivity index (χ0n) is 12.0. The first-order chi connectivity index (χ1) is 10.5. The van der Waals surface area contributed by atoms with Crippen LogP contribution in [-0.2, 0) is 0 Å². The Balaban J connectivity index is 2.06. The molecule has 1 aromatic carbocycles. The summed E-state index contributed by atoms with van der Waals surface area (Å²) in [5.41, 5.74) is 3.51. The van der Waals surface area contributed by atoms with Gasteiger partial charge in [0.2, 0.25) is 5.16 Å². The highest BCUT2D eigenvalue weighted by Crippen LogP contribution is 2.14. The van der Waals surface area contributed by atoms with Gasteiger partial charge in [-0.2, -0.15) is 0 Å². The second-order valence-corrected chi connectivity index (χ2v) is 6.97. The van der Waals surface area contributed by atoms with Gasteiger partial charge in [0.15, 0.2) is 5.11 Å². The lowest BCUT2D eigenvalue weighted by atomic mass is 10.2. The molecule has 0 aliphatic carbocycles. The van der Waals surface area contributed by atoms with Crippen molar-refractivity contribution in [2.75, 3.05) is 11.2 Å². The molecule has 1 heterocycles. The number of nitrogens with zero attached hydrogens (tertiary/aromatic N) is 3. The van der Waals surface area contributed by atoms with E-state index in [1.165, 1.54) is 11.8 Å². The standard InChI is InChI=1S/C13H14IN5OS2/c1-3-22-13-17-16-8(2)19(13)18-12(21)15-11(20)9-6-4-5-7-10(9)14/h4-7H,3H2,1-2H3,(H2,15,18,20,21). The molecule has 9 heteroatoms. The molecule has 0 radical (unpaired) electrons. The summed E-state index contributed by atoms with van der Waals surface area (Å²) in [6, 6.07) is 7.31. The van der Waals surface area contributed by atoms with E-state index in [1.807, 2.05) is 32.0 Å². The molecule has 116 valence electrons. The van der Waals surface area contributed by atoms with Gasteiger partial charge in [-0.1, -0.05) is 30.8 Å². The number of aromatic nitrogens is 3.